The van der Waals surface area contributed by atoms with Crippen molar-refractivity contribution in [2.45, 2.75) is 32.7 Å². The molecule has 1 amide bonds. The first-order valence-corrected chi connectivity index (χ1v) is 7.53. The van der Waals surface area contributed by atoms with Crippen molar-refractivity contribution >= 4 is 22.0 Å². The van der Waals surface area contributed by atoms with Crippen LogP contribution < -0.4 is 14.8 Å². The van der Waals surface area contributed by atoms with E-state index in [1.54, 1.807) is 6.92 Å². The number of amides is 1. The average molecular weight is 400 g/mol. The van der Waals surface area contributed by atoms with Crippen LogP contribution in [0.2, 0.25) is 0 Å². The lowest BCUT2D eigenvalue weighted by molar-refractivity contribution is -0.275. The largest absolute Gasteiger partial charge is 0.573 e. The van der Waals surface area contributed by atoms with Gasteiger partial charge in [-0.2, -0.15) is 0 Å². The van der Waals surface area contributed by atoms with Crippen LogP contribution in [0.15, 0.2) is 22.7 Å². The average Bonchev–Trinajstić information content (AvgIpc) is 2.34. The minimum atomic E-state index is -4.82. The van der Waals surface area contributed by atoms with Gasteiger partial charge >= 0.3 is 12.5 Å². The Labute approximate surface area is 139 Å². The second-order valence-electron chi connectivity index (χ2n) is 5.14. The number of ether oxygens (including phenoxy) is 2. The Kier molecular flexibility index (Phi) is 6.99. The molecule has 5 nitrogen and oxygen atoms in total. The van der Waals surface area contributed by atoms with Crippen LogP contribution in [0.4, 0.5) is 18.0 Å². The predicted octanol–water partition coefficient (Wildman–Crippen LogP) is 4.41. The van der Waals surface area contributed by atoms with E-state index in [4.69, 9.17) is 9.84 Å². The number of nitrogens with one attached hydrogen (secondary N) is 1. The zero-order valence-electron chi connectivity index (χ0n) is 12.5. The molecule has 2 atom stereocenters. The van der Waals surface area contributed by atoms with Crippen molar-refractivity contribution in [2.24, 2.45) is 5.92 Å². The van der Waals surface area contributed by atoms with Crippen LogP contribution in [0.5, 0.6) is 11.5 Å². The molecule has 0 bridgehead atoms. The molecule has 1 rings (SSSR count). The van der Waals surface area contributed by atoms with Gasteiger partial charge in [-0.25, -0.2) is 4.79 Å². The molecule has 1 aromatic rings. The zero-order valence-corrected chi connectivity index (χ0v) is 14.1. The van der Waals surface area contributed by atoms with Gasteiger partial charge in [0.05, 0.1) is 6.61 Å². The Morgan fingerprint density at radius 2 is 2.00 bits per heavy atom. The van der Waals surface area contributed by atoms with Crippen molar-refractivity contribution < 1.29 is 32.5 Å². The molecular formula is C14H17BrF3NO4. The van der Waals surface area contributed by atoms with Crippen LogP contribution >= 0.6 is 15.9 Å². The number of alkyl halides is 3. The van der Waals surface area contributed by atoms with Crippen molar-refractivity contribution in [3.05, 3.63) is 22.7 Å². The first-order chi connectivity index (χ1) is 10.6. The van der Waals surface area contributed by atoms with Gasteiger partial charge in [-0.3, -0.25) is 0 Å². The lowest BCUT2D eigenvalue weighted by Gasteiger charge is -2.19. The van der Waals surface area contributed by atoms with Crippen molar-refractivity contribution in [3.8, 4) is 11.5 Å². The highest BCUT2D eigenvalue weighted by Crippen LogP contribution is 2.35. The van der Waals surface area contributed by atoms with Crippen molar-refractivity contribution in [3.63, 3.8) is 0 Å². The lowest BCUT2D eigenvalue weighted by atomic mass is 10.0. The fourth-order valence-electron chi connectivity index (χ4n) is 1.98. The summed E-state index contributed by atoms with van der Waals surface area (Å²) in [6.45, 7) is 3.63. The topological polar surface area (TPSA) is 67.8 Å². The summed E-state index contributed by atoms with van der Waals surface area (Å²) in [7, 11) is 0. The van der Waals surface area contributed by atoms with E-state index < -0.39 is 18.2 Å². The summed E-state index contributed by atoms with van der Waals surface area (Å²) >= 11 is 3.07. The third-order valence-corrected chi connectivity index (χ3v) is 3.27. The number of hydrogen-bond acceptors (Lipinski definition) is 3. The minimum Gasteiger partial charge on any atom is -0.489 e. The summed E-state index contributed by atoms with van der Waals surface area (Å²) in [4.78, 5) is 10.5. The second-order valence-corrected chi connectivity index (χ2v) is 6.06. The quantitative estimate of drug-likeness (QED) is 0.712. The van der Waals surface area contributed by atoms with E-state index in [1.165, 1.54) is 18.2 Å². The Hall–Kier alpha value is -1.64. The highest BCUT2D eigenvalue weighted by Gasteiger charge is 2.32. The summed E-state index contributed by atoms with van der Waals surface area (Å²) in [6.07, 6.45) is -5.46. The van der Waals surface area contributed by atoms with E-state index in [0.29, 0.717) is 10.9 Å². The van der Waals surface area contributed by atoms with Crippen LogP contribution in [-0.4, -0.2) is 30.2 Å². The van der Waals surface area contributed by atoms with Crippen LogP contribution in [0.3, 0.4) is 0 Å². The van der Waals surface area contributed by atoms with E-state index in [0.717, 1.165) is 0 Å². The molecule has 1 aromatic carbocycles. The second kappa shape index (κ2) is 8.28. The first-order valence-electron chi connectivity index (χ1n) is 6.74. The third-order valence-electron chi connectivity index (χ3n) is 2.78. The summed E-state index contributed by atoms with van der Waals surface area (Å²) in [6, 6.07) is 3.79. The summed E-state index contributed by atoms with van der Waals surface area (Å²) in [5.74, 6) is -0.536. The maximum absolute atomic E-state index is 12.4. The molecule has 0 aliphatic carbocycles. The maximum atomic E-state index is 12.4. The number of carbonyl (C=O) groups is 1. The molecule has 9 heteroatoms. The summed E-state index contributed by atoms with van der Waals surface area (Å²) < 4.78 is 46.9. The minimum absolute atomic E-state index is 0.0313. The molecule has 0 radical (unpaired) electrons. The van der Waals surface area contributed by atoms with Gasteiger partial charge in [0.1, 0.15) is 0 Å². The fraction of sp³-hybridized carbons (Fsp3) is 0.500. The molecule has 23 heavy (non-hydrogen) atoms. The molecule has 0 spiro atoms. The van der Waals surface area contributed by atoms with Crippen LogP contribution in [0.1, 0.15) is 20.3 Å². The number of benzene rings is 1. The number of halogens is 4. The van der Waals surface area contributed by atoms with Gasteiger partial charge in [-0.1, -0.05) is 22.9 Å². The number of rotatable bonds is 7. The first kappa shape index (κ1) is 19.4. The molecule has 0 aromatic heterocycles. The Morgan fingerprint density at radius 3 is 2.57 bits per heavy atom. The number of hydrogen-bond donors (Lipinski definition) is 2. The van der Waals surface area contributed by atoms with Gasteiger partial charge in [-0.15, -0.1) is 13.2 Å². The van der Waals surface area contributed by atoms with Crippen LogP contribution in [-0.2, 0) is 0 Å². The van der Waals surface area contributed by atoms with Gasteiger partial charge in [0, 0.05) is 10.5 Å². The van der Waals surface area contributed by atoms with Crippen LogP contribution in [0, 0.1) is 5.92 Å². The molecule has 0 heterocycles. The highest BCUT2D eigenvalue weighted by atomic mass is 79.9. The lowest BCUT2D eigenvalue weighted by Crippen LogP contribution is -2.33. The van der Waals surface area contributed by atoms with Crippen molar-refractivity contribution in [1.29, 1.82) is 0 Å². The Morgan fingerprint density at radius 1 is 1.35 bits per heavy atom. The van der Waals surface area contributed by atoms with E-state index in [-0.39, 0.29) is 24.3 Å². The smallest absolute Gasteiger partial charge is 0.489 e. The molecule has 2 unspecified atom stereocenters. The monoisotopic (exact) mass is 399 g/mol. The van der Waals surface area contributed by atoms with Crippen molar-refractivity contribution in [2.75, 3.05) is 6.61 Å². The molecule has 0 saturated carbocycles. The van der Waals surface area contributed by atoms with Crippen molar-refractivity contribution in [1.82, 2.24) is 5.32 Å². The molecule has 2 N–H and O–H groups in total. The van der Waals surface area contributed by atoms with Gasteiger partial charge in [-0.05, 0) is 37.5 Å². The molecule has 0 aliphatic heterocycles. The van der Waals surface area contributed by atoms with Gasteiger partial charge in [0.15, 0.2) is 11.5 Å². The highest BCUT2D eigenvalue weighted by molar-refractivity contribution is 9.10. The van der Waals surface area contributed by atoms with Crippen LogP contribution in [0.25, 0.3) is 0 Å². The van der Waals surface area contributed by atoms with Gasteiger partial charge in [0.2, 0.25) is 0 Å². The summed E-state index contributed by atoms with van der Waals surface area (Å²) in [5, 5.41) is 10.9. The van der Waals surface area contributed by atoms with E-state index >= 15 is 0 Å². The Bertz CT molecular complexity index is 539. The normalized spacial score (nSPS) is 14.0. The summed E-state index contributed by atoms with van der Waals surface area (Å²) in [5.41, 5.74) is 0. The molecule has 130 valence electrons. The maximum Gasteiger partial charge on any atom is 0.573 e. The predicted molar refractivity (Wildman–Crippen MR) is 80.7 cm³/mol. The Balaban J connectivity index is 2.64. The van der Waals surface area contributed by atoms with E-state index in [9.17, 15) is 18.0 Å². The van der Waals surface area contributed by atoms with Gasteiger partial charge < -0.3 is 19.9 Å². The van der Waals surface area contributed by atoms with E-state index in [2.05, 4.69) is 26.0 Å². The molecule has 0 saturated heterocycles. The van der Waals surface area contributed by atoms with Gasteiger partial charge in [0.25, 0.3) is 0 Å². The molecule has 0 aliphatic rings. The number of carboxylic acid groups (broad SMARTS) is 1. The zero-order chi connectivity index (χ0) is 17.6. The SMILES string of the molecule is CC(COc1ccc(Br)cc1OC(F)(F)F)CC(C)NC(=O)O. The standard InChI is InChI=1S/C14H17BrF3NO4/c1-8(5-9(2)19-13(20)21)7-22-11-4-3-10(15)6-12(11)23-14(16,17)18/h3-4,6,8-9,19H,5,7H2,1-2H3,(H,20,21). The van der Waals surface area contributed by atoms with E-state index in [1.807, 2.05) is 6.92 Å². The molecular weight excluding hydrogens is 383 g/mol. The third kappa shape index (κ3) is 7.96. The fourth-order valence-corrected chi connectivity index (χ4v) is 2.32. The molecule has 0 fully saturated rings.